The number of aromatic nitrogens is 2. The molecule has 0 amide bonds. The molecule has 2 rings (SSSR count). The minimum absolute atomic E-state index is 0.577. The van der Waals surface area contributed by atoms with E-state index in [0.29, 0.717) is 11.0 Å². The Kier molecular flexibility index (Phi) is 3.34. The molecular weight excluding hydrogens is 222 g/mol. The third kappa shape index (κ3) is 2.14. The third-order valence-corrected chi connectivity index (χ3v) is 2.96. The zero-order valence-corrected chi connectivity index (χ0v) is 10.2. The van der Waals surface area contributed by atoms with Gasteiger partial charge in [-0.1, -0.05) is 31.4 Å². The third-order valence-electron chi connectivity index (χ3n) is 2.73. The summed E-state index contributed by atoms with van der Waals surface area (Å²) < 4.78 is 2.06. The van der Waals surface area contributed by atoms with E-state index in [1.165, 1.54) is 12.8 Å². The molecule has 0 aliphatic rings. The van der Waals surface area contributed by atoms with Crippen LogP contribution in [0, 0.1) is 0 Å². The van der Waals surface area contributed by atoms with E-state index >= 15 is 0 Å². The fourth-order valence-corrected chi connectivity index (χ4v) is 2.04. The van der Waals surface area contributed by atoms with Gasteiger partial charge in [0.15, 0.2) is 0 Å². The lowest BCUT2D eigenvalue weighted by molar-refractivity contribution is 0.619. The molecule has 4 heteroatoms. The zero-order chi connectivity index (χ0) is 11.5. The quantitative estimate of drug-likeness (QED) is 0.828. The van der Waals surface area contributed by atoms with Gasteiger partial charge in [-0.15, -0.1) is 0 Å². The average Bonchev–Trinajstić information content (AvgIpc) is 2.55. The van der Waals surface area contributed by atoms with Crippen LogP contribution in [0.1, 0.15) is 26.2 Å². The molecule has 0 saturated carbocycles. The number of anilines is 1. The number of halogens is 1. The van der Waals surface area contributed by atoms with E-state index in [-0.39, 0.29) is 0 Å². The van der Waals surface area contributed by atoms with E-state index in [2.05, 4.69) is 16.5 Å². The SMILES string of the molecule is CCCCCn1c(N)nc2cc(Cl)ccc21. The highest BCUT2D eigenvalue weighted by Crippen LogP contribution is 2.22. The number of hydrogen-bond acceptors (Lipinski definition) is 2. The lowest BCUT2D eigenvalue weighted by atomic mass is 10.2. The van der Waals surface area contributed by atoms with Crippen molar-refractivity contribution in [1.29, 1.82) is 0 Å². The Morgan fingerprint density at radius 1 is 1.38 bits per heavy atom. The molecule has 86 valence electrons. The standard InChI is InChI=1S/C12H16ClN3/c1-2-3-4-7-16-11-6-5-9(13)8-10(11)15-12(16)14/h5-6,8H,2-4,7H2,1H3,(H2,14,15). The minimum Gasteiger partial charge on any atom is -0.369 e. The summed E-state index contributed by atoms with van der Waals surface area (Å²) in [6, 6.07) is 5.71. The first-order chi connectivity index (χ1) is 7.72. The molecular formula is C12H16ClN3. The number of benzene rings is 1. The first-order valence-electron chi connectivity index (χ1n) is 5.63. The molecule has 2 aromatic rings. The van der Waals surface area contributed by atoms with Gasteiger partial charge in [-0.05, 0) is 24.6 Å². The van der Waals surface area contributed by atoms with Crippen LogP contribution in [0.3, 0.4) is 0 Å². The van der Waals surface area contributed by atoms with Gasteiger partial charge in [-0.3, -0.25) is 0 Å². The predicted octanol–water partition coefficient (Wildman–Crippen LogP) is 3.46. The number of nitrogens with two attached hydrogens (primary N) is 1. The van der Waals surface area contributed by atoms with Crippen LogP contribution in [-0.4, -0.2) is 9.55 Å². The van der Waals surface area contributed by atoms with E-state index in [9.17, 15) is 0 Å². The van der Waals surface area contributed by atoms with Crippen LogP contribution in [0.2, 0.25) is 5.02 Å². The van der Waals surface area contributed by atoms with E-state index in [0.717, 1.165) is 24.0 Å². The largest absolute Gasteiger partial charge is 0.369 e. The van der Waals surface area contributed by atoms with E-state index < -0.39 is 0 Å². The summed E-state index contributed by atoms with van der Waals surface area (Å²) in [5.74, 6) is 0.577. The second kappa shape index (κ2) is 4.74. The molecule has 2 N–H and O–H groups in total. The first-order valence-corrected chi connectivity index (χ1v) is 6.01. The second-order valence-corrected chi connectivity index (χ2v) is 4.40. The van der Waals surface area contributed by atoms with Crippen LogP contribution < -0.4 is 5.73 Å². The zero-order valence-electron chi connectivity index (χ0n) is 9.41. The Hall–Kier alpha value is -1.22. The molecule has 1 heterocycles. The van der Waals surface area contributed by atoms with Crippen LogP contribution >= 0.6 is 11.6 Å². The van der Waals surface area contributed by atoms with E-state index in [4.69, 9.17) is 17.3 Å². The van der Waals surface area contributed by atoms with Crippen LogP contribution in [0.25, 0.3) is 11.0 Å². The fourth-order valence-electron chi connectivity index (χ4n) is 1.88. The number of imidazole rings is 1. The second-order valence-electron chi connectivity index (χ2n) is 3.96. The molecule has 0 aliphatic carbocycles. The molecule has 0 atom stereocenters. The summed E-state index contributed by atoms with van der Waals surface area (Å²) >= 11 is 5.92. The van der Waals surface area contributed by atoms with Gasteiger partial charge in [0, 0.05) is 11.6 Å². The lowest BCUT2D eigenvalue weighted by Crippen LogP contribution is -2.03. The summed E-state index contributed by atoms with van der Waals surface area (Å²) in [5, 5.41) is 0.700. The number of nitrogens with zero attached hydrogens (tertiary/aromatic N) is 2. The van der Waals surface area contributed by atoms with Crippen molar-refractivity contribution in [3.63, 3.8) is 0 Å². The maximum Gasteiger partial charge on any atom is 0.201 e. The van der Waals surface area contributed by atoms with Gasteiger partial charge in [-0.2, -0.15) is 0 Å². The Morgan fingerprint density at radius 2 is 2.19 bits per heavy atom. The van der Waals surface area contributed by atoms with Gasteiger partial charge in [0.25, 0.3) is 0 Å². The van der Waals surface area contributed by atoms with E-state index in [1.807, 2.05) is 18.2 Å². The summed E-state index contributed by atoms with van der Waals surface area (Å²) in [6.07, 6.45) is 3.56. The summed E-state index contributed by atoms with van der Waals surface area (Å²) in [6.45, 7) is 3.12. The van der Waals surface area contributed by atoms with Gasteiger partial charge in [0.1, 0.15) is 0 Å². The topological polar surface area (TPSA) is 43.8 Å². The lowest BCUT2D eigenvalue weighted by Gasteiger charge is -2.05. The molecule has 0 saturated heterocycles. The van der Waals surface area contributed by atoms with Crippen LogP contribution in [0.4, 0.5) is 5.95 Å². The number of fused-ring (bicyclic) bond motifs is 1. The van der Waals surface area contributed by atoms with Crippen LogP contribution in [-0.2, 0) is 6.54 Å². The number of rotatable bonds is 4. The van der Waals surface area contributed by atoms with Gasteiger partial charge in [0.05, 0.1) is 11.0 Å². The normalized spacial score (nSPS) is 11.1. The molecule has 0 fully saturated rings. The van der Waals surface area contributed by atoms with Crippen molar-refractivity contribution in [2.75, 3.05) is 5.73 Å². The van der Waals surface area contributed by atoms with Crippen molar-refractivity contribution in [2.24, 2.45) is 0 Å². The smallest absolute Gasteiger partial charge is 0.201 e. The number of hydrogen-bond donors (Lipinski definition) is 1. The molecule has 0 aliphatic heterocycles. The Balaban J connectivity index is 2.32. The van der Waals surface area contributed by atoms with Crippen molar-refractivity contribution in [1.82, 2.24) is 9.55 Å². The summed E-state index contributed by atoms with van der Waals surface area (Å²) in [7, 11) is 0. The molecule has 1 aromatic heterocycles. The molecule has 0 radical (unpaired) electrons. The summed E-state index contributed by atoms with van der Waals surface area (Å²) in [5.41, 5.74) is 7.84. The van der Waals surface area contributed by atoms with Crippen molar-refractivity contribution >= 4 is 28.6 Å². The highest BCUT2D eigenvalue weighted by molar-refractivity contribution is 6.31. The van der Waals surface area contributed by atoms with Gasteiger partial charge in [0.2, 0.25) is 5.95 Å². The average molecular weight is 238 g/mol. The molecule has 0 bridgehead atoms. The highest BCUT2D eigenvalue weighted by atomic mass is 35.5. The van der Waals surface area contributed by atoms with Gasteiger partial charge >= 0.3 is 0 Å². The highest BCUT2D eigenvalue weighted by Gasteiger charge is 2.07. The predicted molar refractivity (Wildman–Crippen MR) is 68.7 cm³/mol. The fraction of sp³-hybridized carbons (Fsp3) is 0.417. The molecule has 0 unspecified atom stereocenters. The van der Waals surface area contributed by atoms with Gasteiger partial charge in [-0.25, -0.2) is 4.98 Å². The van der Waals surface area contributed by atoms with Crippen molar-refractivity contribution in [2.45, 2.75) is 32.7 Å². The van der Waals surface area contributed by atoms with Crippen molar-refractivity contribution < 1.29 is 0 Å². The minimum atomic E-state index is 0.577. The molecule has 0 spiro atoms. The van der Waals surface area contributed by atoms with Crippen molar-refractivity contribution in [3.8, 4) is 0 Å². The maximum absolute atomic E-state index is 5.92. The van der Waals surface area contributed by atoms with Crippen LogP contribution in [0.15, 0.2) is 18.2 Å². The van der Waals surface area contributed by atoms with Crippen molar-refractivity contribution in [3.05, 3.63) is 23.2 Å². The number of aryl methyl sites for hydroxylation is 1. The molecule has 16 heavy (non-hydrogen) atoms. The number of nitrogen functional groups attached to an aromatic ring is 1. The molecule has 1 aromatic carbocycles. The molecule has 3 nitrogen and oxygen atoms in total. The first kappa shape index (κ1) is 11.3. The summed E-state index contributed by atoms with van der Waals surface area (Å²) in [4.78, 5) is 4.31. The van der Waals surface area contributed by atoms with Gasteiger partial charge < -0.3 is 10.3 Å². The number of unbranched alkanes of at least 4 members (excludes halogenated alkanes) is 2. The Bertz CT molecular complexity index is 490. The monoisotopic (exact) mass is 237 g/mol. The maximum atomic E-state index is 5.92. The Labute approximate surface area is 100 Å². The Morgan fingerprint density at radius 3 is 2.94 bits per heavy atom. The van der Waals surface area contributed by atoms with E-state index in [1.54, 1.807) is 0 Å². The van der Waals surface area contributed by atoms with Crippen LogP contribution in [0.5, 0.6) is 0 Å².